The Morgan fingerprint density at radius 1 is 1.08 bits per heavy atom. The van der Waals surface area contributed by atoms with Gasteiger partial charge < -0.3 is 4.74 Å². The zero-order valence-electron chi connectivity index (χ0n) is 20.0. The first kappa shape index (κ1) is 25.0. The Kier molecular flexibility index (Phi) is 6.72. The van der Waals surface area contributed by atoms with Gasteiger partial charge in [-0.2, -0.15) is 0 Å². The second-order valence-corrected chi connectivity index (χ2v) is 12.3. The number of halogens is 1. The molecule has 0 aliphatic carbocycles. The molecule has 0 saturated carbocycles. The number of rotatable bonds is 7. The van der Waals surface area contributed by atoms with Gasteiger partial charge in [0.15, 0.2) is 0 Å². The van der Waals surface area contributed by atoms with E-state index in [1.165, 1.54) is 0 Å². The van der Waals surface area contributed by atoms with Crippen LogP contribution >= 0.6 is 22.9 Å². The molecule has 3 aromatic carbocycles. The molecule has 0 saturated heterocycles. The fraction of sp³-hybridized carbons (Fsp3) is 0.296. The van der Waals surface area contributed by atoms with Gasteiger partial charge in [-0.15, -0.1) is 0 Å². The summed E-state index contributed by atoms with van der Waals surface area (Å²) >= 11 is 7.02. The van der Waals surface area contributed by atoms with Crippen molar-refractivity contribution in [1.82, 2.24) is 9.29 Å². The average molecular weight is 543 g/mol. The number of hydrogen-bond acceptors (Lipinski definition) is 5. The lowest BCUT2D eigenvalue weighted by atomic mass is 9.84. The molecular formula is C27H27ClN2O4S2. The summed E-state index contributed by atoms with van der Waals surface area (Å²) in [4.78, 5) is 12.7. The van der Waals surface area contributed by atoms with Gasteiger partial charge in [0.05, 0.1) is 27.7 Å². The summed E-state index contributed by atoms with van der Waals surface area (Å²) in [6.07, 6.45) is 2.09. The van der Waals surface area contributed by atoms with Crippen LogP contribution in [-0.4, -0.2) is 18.6 Å². The van der Waals surface area contributed by atoms with E-state index in [0.29, 0.717) is 34.0 Å². The van der Waals surface area contributed by atoms with Gasteiger partial charge in [-0.05, 0) is 54.8 Å². The third-order valence-electron chi connectivity index (χ3n) is 6.99. The van der Waals surface area contributed by atoms with Crippen LogP contribution in [0.15, 0.2) is 76.4 Å². The Labute approximate surface area is 219 Å². The molecule has 0 amide bonds. The van der Waals surface area contributed by atoms with Crippen LogP contribution in [0.25, 0.3) is 10.2 Å². The Morgan fingerprint density at radius 3 is 2.53 bits per heavy atom. The number of nitrogens with zero attached hydrogens (tertiary/aromatic N) is 1. The van der Waals surface area contributed by atoms with E-state index in [9.17, 15) is 13.2 Å². The zero-order chi connectivity index (χ0) is 25.5. The minimum atomic E-state index is -3.85. The molecular weight excluding hydrogens is 516 g/mol. The van der Waals surface area contributed by atoms with Gasteiger partial charge in [0.1, 0.15) is 11.4 Å². The molecule has 0 spiro atoms. The number of hydrogen-bond donors (Lipinski definition) is 1. The third-order valence-corrected chi connectivity index (χ3v) is 9.65. The van der Waals surface area contributed by atoms with Gasteiger partial charge in [-0.1, -0.05) is 67.1 Å². The molecule has 1 unspecified atom stereocenters. The van der Waals surface area contributed by atoms with Crippen LogP contribution in [0.4, 0.5) is 0 Å². The van der Waals surface area contributed by atoms with E-state index in [1.807, 2.05) is 36.4 Å². The molecule has 1 aliphatic rings. The zero-order valence-corrected chi connectivity index (χ0v) is 22.4. The maximum Gasteiger partial charge on any atom is 0.308 e. The molecule has 5 rings (SSSR count). The Hall–Kier alpha value is -2.65. The molecule has 6 nitrogen and oxygen atoms in total. The highest BCUT2D eigenvalue weighted by atomic mass is 35.5. The van der Waals surface area contributed by atoms with Crippen LogP contribution in [0.5, 0.6) is 5.75 Å². The molecule has 0 radical (unpaired) electrons. The second kappa shape index (κ2) is 9.67. The van der Waals surface area contributed by atoms with E-state index in [1.54, 1.807) is 34.9 Å². The van der Waals surface area contributed by atoms with Gasteiger partial charge in [-0.3, -0.25) is 9.36 Å². The predicted molar refractivity (Wildman–Crippen MR) is 145 cm³/mol. The van der Waals surface area contributed by atoms with Crippen LogP contribution < -0.4 is 14.3 Å². The van der Waals surface area contributed by atoms with Gasteiger partial charge in [0, 0.05) is 17.0 Å². The van der Waals surface area contributed by atoms with E-state index < -0.39 is 21.7 Å². The normalized spacial score (nSPS) is 17.0. The number of fused-ring (bicyclic) bond motifs is 2. The molecule has 36 heavy (non-hydrogen) atoms. The molecule has 0 fully saturated rings. The quantitative estimate of drug-likeness (QED) is 0.305. The Morgan fingerprint density at radius 2 is 1.81 bits per heavy atom. The first-order valence-corrected chi connectivity index (χ1v) is 14.6. The SMILES string of the molecule is CCC1(CC)CC(NS(=O)(=O)c2ccc3c(c2)sc(=O)n3Cc2ccc(Cl)cc2)c2ccccc2O1. The van der Waals surface area contributed by atoms with Crippen molar-refractivity contribution in [3.8, 4) is 5.75 Å². The van der Waals surface area contributed by atoms with Gasteiger partial charge in [0.2, 0.25) is 10.0 Å². The minimum Gasteiger partial charge on any atom is -0.487 e. The number of ether oxygens (including phenoxy) is 1. The van der Waals surface area contributed by atoms with E-state index >= 15 is 0 Å². The first-order chi connectivity index (χ1) is 17.2. The van der Waals surface area contributed by atoms with E-state index in [0.717, 1.165) is 35.3 Å². The number of benzene rings is 3. The summed E-state index contributed by atoms with van der Waals surface area (Å²) in [5.41, 5.74) is 2.04. The first-order valence-electron chi connectivity index (χ1n) is 11.9. The fourth-order valence-corrected chi connectivity index (χ4v) is 7.17. The van der Waals surface area contributed by atoms with Crippen molar-refractivity contribution in [2.45, 2.75) is 56.2 Å². The summed E-state index contributed by atoms with van der Waals surface area (Å²) in [7, 11) is -3.85. The number of aromatic nitrogens is 1. The topological polar surface area (TPSA) is 77.4 Å². The summed E-state index contributed by atoms with van der Waals surface area (Å²) in [6.45, 7) is 4.51. The van der Waals surface area contributed by atoms with Crippen molar-refractivity contribution in [3.05, 3.63) is 92.5 Å². The molecule has 1 N–H and O–H groups in total. The number of thiazole rings is 1. The van der Waals surface area contributed by atoms with Crippen molar-refractivity contribution in [2.24, 2.45) is 0 Å². The second-order valence-electron chi connectivity index (χ2n) is 9.12. The van der Waals surface area contributed by atoms with Crippen molar-refractivity contribution in [1.29, 1.82) is 0 Å². The van der Waals surface area contributed by atoms with Crippen LogP contribution in [0.2, 0.25) is 5.02 Å². The van der Waals surface area contributed by atoms with E-state index in [4.69, 9.17) is 16.3 Å². The van der Waals surface area contributed by atoms with Crippen LogP contribution in [0.1, 0.15) is 50.3 Å². The highest BCUT2D eigenvalue weighted by Crippen LogP contribution is 2.43. The molecule has 0 bridgehead atoms. The maximum absolute atomic E-state index is 13.5. The summed E-state index contributed by atoms with van der Waals surface area (Å²) in [6, 6.07) is 19.3. The molecule has 1 aliphatic heterocycles. The Balaban J connectivity index is 1.46. The largest absolute Gasteiger partial charge is 0.487 e. The van der Waals surface area contributed by atoms with Gasteiger partial charge >= 0.3 is 4.87 Å². The van der Waals surface area contributed by atoms with Crippen molar-refractivity contribution in [2.75, 3.05) is 0 Å². The van der Waals surface area contributed by atoms with Gasteiger partial charge in [-0.25, -0.2) is 13.1 Å². The Bertz CT molecular complexity index is 1570. The molecule has 188 valence electrons. The number of para-hydroxylation sites is 1. The molecule has 1 atom stereocenters. The van der Waals surface area contributed by atoms with Crippen molar-refractivity contribution < 1.29 is 13.2 Å². The predicted octanol–water partition coefficient (Wildman–Crippen LogP) is 6.13. The maximum atomic E-state index is 13.5. The van der Waals surface area contributed by atoms with E-state index in [2.05, 4.69) is 18.6 Å². The summed E-state index contributed by atoms with van der Waals surface area (Å²) < 4.78 is 38.5. The summed E-state index contributed by atoms with van der Waals surface area (Å²) in [5.74, 6) is 0.716. The number of sulfonamides is 1. The van der Waals surface area contributed by atoms with Crippen LogP contribution in [-0.2, 0) is 16.6 Å². The highest BCUT2D eigenvalue weighted by molar-refractivity contribution is 7.89. The molecule has 2 heterocycles. The molecule has 9 heteroatoms. The fourth-order valence-electron chi connectivity index (χ4n) is 4.80. The third kappa shape index (κ3) is 4.70. The summed E-state index contributed by atoms with van der Waals surface area (Å²) in [5, 5.41) is 0.630. The van der Waals surface area contributed by atoms with Crippen molar-refractivity contribution in [3.63, 3.8) is 0 Å². The molecule has 1 aromatic heterocycles. The lowest BCUT2D eigenvalue weighted by Gasteiger charge is -2.41. The highest BCUT2D eigenvalue weighted by Gasteiger charge is 2.40. The van der Waals surface area contributed by atoms with Crippen molar-refractivity contribution >= 4 is 43.2 Å². The monoisotopic (exact) mass is 542 g/mol. The lowest BCUT2D eigenvalue weighted by molar-refractivity contribution is 0.0260. The smallest absolute Gasteiger partial charge is 0.308 e. The standard InChI is InChI=1S/C27H27ClN2O4S2/c1-3-27(4-2)16-22(21-7-5-6-8-24(21)34-27)29-36(32,33)20-13-14-23-25(15-20)35-26(31)30(23)17-18-9-11-19(28)12-10-18/h5-15,22,29H,3-4,16-17H2,1-2H3. The minimum absolute atomic E-state index is 0.137. The average Bonchev–Trinajstić information content (AvgIpc) is 3.19. The molecule has 4 aromatic rings. The number of nitrogens with one attached hydrogen (secondary N) is 1. The van der Waals surface area contributed by atoms with E-state index in [-0.39, 0.29) is 9.77 Å². The lowest BCUT2D eigenvalue weighted by Crippen LogP contribution is -2.44. The van der Waals surface area contributed by atoms with Gasteiger partial charge in [0.25, 0.3) is 0 Å². The van der Waals surface area contributed by atoms with Crippen LogP contribution in [0, 0.1) is 0 Å². The van der Waals surface area contributed by atoms with Crippen LogP contribution in [0.3, 0.4) is 0 Å².